The third kappa shape index (κ3) is 3.45. The van der Waals surface area contributed by atoms with Crippen LogP contribution >= 0.6 is 11.6 Å². The van der Waals surface area contributed by atoms with E-state index in [1.165, 1.54) is 17.7 Å². The standard InChI is InChI=1S/C21H23ClN2O3S/c1-15(23-11-9-17(10-12-23)16-5-3-2-4-6-16)14-24-21(25)19-8-7-18(22)13-20(19)28(24,26)27/h2-8,13,15,17H,9-12,14H2,1H3. The molecule has 5 nitrogen and oxygen atoms in total. The van der Waals surface area contributed by atoms with Gasteiger partial charge >= 0.3 is 0 Å². The highest BCUT2D eigenvalue weighted by Gasteiger charge is 2.42. The lowest BCUT2D eigenvalue weighted by molar-refractivity contribution is 0.0817. The predicted octanol–water partition coefficient (Wildman–Crippen LogP) is 3.75. The number of hydrogen-bond acceptors (Lipinski definition) is 4. The Balaban J connectivity index is 1.43. The molecule has 1 fully saturated rings. The van der Waals surface area contributed by atoms with E-state index in [1.54, 1.807) is 6.07 Å². The van der Waals surface area contributed by atoms with E-state index in [0.717, 1.165) is 30.2 Å². The molecule has 0 aromatic heterocycles. The molecule has 148 valence electrons. The molecule has 28 heavy (non-hydrogen) atoms. The molecule has 1 atom stereocenters. The predicted molar refractivity (Wildman–Crippen MR) is 109 cm³/mol. The van der Waals surface area contributed by atoms with Gasteiger partial charge in [-0.25, -0.2) is 12.7 Å². The number of hydrogen-bond donors (Lipinski definition) is 0. The molecule has 0 aliphatic carbocycles. The maximum atomic E-state index is 12.8. The topological polar surface area (TPSA) is 57.7 Å². The molecule has 7 heteroatoms. The minimum atomic E-state index is -3.83. The summed E-state index contributed by atoms with van der Waals surface area (Å²) in [6.07, 6.45) is 2.07. The van der Waals surface area contributed by atoms with Crippen molar-refractivity contribution in [2.24, 2.45) is 0 Å². The van der Waals surface area contributed by atoms with Crippen molar-refractivity contribution in [1.82, 2.24) is 9.21 Å². The largest absolute Gasteiger partial charge is 0.299 e. The Morgan fingerprint density at radius 1 is 1.11 bits per heavy atom. The average molecular weight is 419 g/mol. The van der Waals surface area contributed by atoms with Gasteiger partial charge in [0.2, 0.25) is 0 Å². The second kappa shape index (κ2) is 7.50. The van der Waals surface area contributed by atoms with Gasteiger partial charge in [-0.15, -0.1) is 0 Å². The van der Waals surface area contributed by atoms with Crippen molar-refractivity contribution in [2.75, 3.05) is 19.6 Å². The summed E-state index contributed by atoms with van der Waals surface area (Å²) in [4.78, 5) is 15.0. The van der Waals surface area contributed by atoms with Crippen molar-refractivity contribution in [3.8, 4) is 0 Å². The number of nitrogens with zero attached hydrogens (tertiary/aromatic N) is 2. The fraction of sp³-hybridized carbons (Fsp3) is 0.381. The van der Waals surface area contributed by atoms with Crippen LogP contribution in [0.2, 0.25) is 5.02 Å². The van der Waals surface area contributed by atoms with Crippen LogP contribution in [0.3, 0.4) is 0 Å². The number of rotatable bonds is 4. The van der Waals surface area contributed by atoms with Gasteiger partial charge in [-0.1, -0.05) is 41.9 Å². The average Bonchev–Trinajstić information content (AvgIpc) is 2.89. The molecule has 0 N–H and O–H groups in total. The first-order valence-electron chi connectivity index (χ1n) is 9.53. The summed E-state index contributed by atoms with van der Waals surface area (Å²) in [7, 11) is -3.83. The van der Waals surface area contributed by atoms with Gasteiger partial charge in [0.1, 0.15) is 4.90 Å². The van der Waals surface area contributed by atoms with Gasteiger partial charge in [0.15, 0.2) is 0 Å². The fourth-order valence-electron chi connectivity index (χ4n) is 4.18. The summed E-state index contributed by atoms with van der Waals surface area (Å²) in [5.74, 6) is 0.0749. The third-order valence-electron chi connectivity index (χ3n) is 5.82. The highest BCUT2D eigenvalue weighted by atomic mass is 35.5. The van der Waals surface area contributed by atoms with E-state index in [-0.39, 0.29) is 23.0 Å². The molecule has 0 spiro atoms. The summed E-state index contributed by atoms with van der Waals surface area (Å²) < 4.78 is 26.7. The Hall–Kier alpha value is -1.89. The Bertz CT molecular complexity index is 986. The maximum absolute atomic E-state index is 12.8. The van der Waals surface area contributed by atoms with Crippen molar-refractivity contribution in [3.63, 3.8) is 0 Å². The Labute approximate surface area is 171 Å². The molecule has 1 amide bonds. The van der Waals surface area contributed by atoms with E-state index >= 15 is 0 Å². The lowest BCUT2D eigenvalue weighted by atomic mass is 9.89. The molecule has 1 saturated heterocycles. The van der Waals surface area contributed by atoms with Crippen molar-refractivity contribution in [1.29, 1.82) is 0 Å². The number of halogens is 1. The summed E-state index contributed by atoms with van der Waals surface area (Å²) in [5, 5.41) is 0.313. The van der Waals surface area contributed by atoms with Crippen LogP contribution in [0.25, 0.3) is 0 Å². The lowest BCUT2D eigenvalue weighted by Crippen LogP contribution is -2.47. The Kier molecular flexibility index (Phi) is 5.21. The van der Waals surface area contributed by atoms with Gasteiger partial charge in [0.25, 0.3) is 15.9 Å². The maximum Gasteiger partial charge on any atom is 0.269 e. The van der Waals surface area contributed by atoms with E-state index < -0.39 is 15.9 Å². The molecule has 2 aliphatic rings. The van der Waals surface area contributed by atoms with Crippen LogP contribution in [-0.4, -0.2) is 49.2 Å². The lowest BCUT2D eigenvalue weighted by Gasteiger charge is -2.37. The smallest absolute Gasteiger partial charge is 0.269 e. The van der Waals surface area contributed by atoms with Crippen LogP contribution in [0.15, 0.2) is 53.4 Å². The zero-order valence-electron chi connectivity index (χ0n) is 15.7. The van der Waals surface area contributed by atoms with Gasteiger partial charge in [-0.05, 0) is 62.5 Å². The van der Waals surface area contributed by atoms with Crippen molar-refractivity contribution >= 4 is 27.5 Å². The van der Waals surface area contributed by atoms with Gasteiger partial charge in [-0.3, -0.25) is 9.69 Å². The van der Waals surface area contributed by atoms with E-state index in [9.17, 15) is 13.2 Å². The van der Waals surface area contributed by atoms with Gasteiger partial charge in [0, 0.05) is 11.1 Å². The number of fused-ring (bicyclic) bond motifs is 1. The van der Waals surface area contributed by atoms with Crippen LogP contribution < -0.4 is 0 Å². The SMILES string of the molecule is CC(CN1C(=O)c2ccc(Cl)cc2S1(=O)=O)N1CCC(c2ccccc2)CC1. The van der Waals surface area contributed by atoms with Crippen LogP contribution in [0.1, 0.15) is 41.6 Å². The molecule has 2 aromatic carbocycles. The first kappa shape index (κ1) is 19.4. The van der Waals surface area contributed by atoms with Crippen LogP contribution in [0, 0.1) is 0 Å². The molecular weight excluding hydrogens is 396 g/mol. The molecule has 4 rings (SSSR count). The van der Waals surface area contributed by atoms with Crippen molar-refractivity contribution in [2.45, 2.75) is 36.6 Å². The number of amides is 1. The van der Waals surface area contributed by atoms with Gasteiger partial charge in [0.05, 0.1) is 12.1 Å². The van der Waals surface area contributed by atoms with Gasteiger partial charge < -0.3 is 0 Å². The zero-order valence-corrected chi connectivity index (χ0v) is 17.3. The first-order valence-corrected chi connectivity index (χ1v) is 11.4. The van der Waals surface area contributed by atoms with Crippen LogP contribution in [0.4, 0.5) is 0 Å². The first-order chi connectivity index (χ1) is 13.4. The van der Waals surface area contributed by atoms with E-state index in [2.05, 4.69) is 29.2 Å². The molecular formula is C21H23ClN2O3S. The molecule has 0 saturated carbocycles. The molecule has 2 aliphatic heterocycles. The number of likely N-dealkylation sites (tertiary alicyclic amines) is 1. The fourth-order valence-corrected chi connectivity index (χ4v) is 6.10. The van der Waals surface area contributed by atoms with E-state index in [1.807, 2.05) is 13.0 Å². The number of piperidine rings is 1. The summed E-state index contributed by atoms with van der Waals surface area (Å²) in [6.45, 7) is 3.92. The minimum absolute atomic E-state index is 0.0139. The van der Waals surface area contributed by atoms with E-state index in [0.29, 0.717) is 10.9 Å². The second-order valence-corrected chi connectivity index (χ2v) is 9.82. The molecule has 0 bridgehead atoms. The van der Waals surface area contributed by atoms with Crippen molar-refractivity contribution < 1.29 is 13.2 Å². The Morgan fingerprint density at radius 3 is 2.46 bits per heavy atom. The number of sulfonamides is 1. The van der Waals surface area contributed by atoms with Crippen molar-refractivity contribution in [3.05, 3.63) is 64.7 Å². The third-order valence-corrected chi connectivity index (χ3v) is 7.85. The summed E-state index contributed by atoms with van der Waals surface area (Å²) >= 11 is 5.94. The number of carbonyl (C=O) groups is 1. The summed E-state index contributed by atoms with van der Waals surface area (Å²) in [6, 6.07) is 14.9. The van der Waals surface area contributed by atoms with E-state index in [4.69, 9.17) is 11.6 Å². The highest BCUT2D eigenvalue weighted by Crippen LogP contribution is 2.33. The van der Waals surface area contributed by atoms with Gasteiger partial charge in [-0.2, -0.15) is 0 Å². The van der Waals surface area contributed by atoms with Crippen LogP contribution in [0.5, 0.6) is 0 Å². The molecule has 2 heterocycles. The molecule has 0 radical (unpaired) electrons. The quantitative estimate of drug-likeness (QED) is 0.758. The minimum Gasteiger partial charge on any atom is -0.299 e. The molecule has 2 aromatic rings. The second-order valence-electron chi connectivity index (χ2n) is 7.55. The van der Waals surface area contributed by atoms with Crippen LogP contribution in [-0.2, 0) is 10.0 Å². The zero-order chi connectivity index (χ0) is 19.9. The normalized spacial score (nSPS) is 20.9. The monoisotopic (exact) mass is 418 g/mol. The highest BCUT2D eigenvalue weighted by molar-refractivity contribution is 7.90. The number of benzene rings is 2. The summed E-state index contributed by atoms with van der Waals surface area (Å²) in [5.41, 5.74) is 1.57. The Morgan fingerprint density at radius 2 is 1.79 bits per heavy atom. The number of carbonyl (C=O) groups excluding carboxylic acids is 1. The molecule has 1 unspecified atom stereocenters.